The number of nitrogens with one attached hydrogen (secondary N) is 4. The van der Waals surface area contributed by atoms with Crippen LogP contribution in [0.25, 0.3) is 10.4 Å². The van der Waals surface area contributed by atoms with Gasteiger partial charge in [-0.1, -0.05) is 69.3 Å². The highest BCUT2D eigenvalue weighted by Crippen LogP contribution is 2.49. The molecular weight excluding hydrogens is 959 g/mol. The summed E-state index contributed by atoms with van der Waals surface area (Å²) in [6.45, 7) is 10.3. The first kappa shape index (κ1) is 53.6. The monoisotopic (exact) mass is 1030 g/mol. The van der Waals surface area contributed by atoms with Crippen molar-refractivity contribution in [2.24, 2.45) is 5.41 Å². The van der Waals surface area contributed by atoms with Crippen LogP contribution in [0.15, 0.2) is 90.4 Å². The lowest BCUT2D eigenvalue weighted by molar-refractivity contribution is -0.144. The zero-order chi connectivity index (χ0) is 52.7. The Morgan fingerprint density at radius 2 is 1.49 bits per heavy atom. The third-order valence-corrected chi connectivity index (χ3v) is 15.4. The zero-order valence-electron chi connectivity index (χ0n) is 43.2. The van der Waals surface area contributed by atoms with E-state index >= 15 is 0 Å². The van der Waals surface area contributed by atoms with E-state index in [0.717, 1.165) is 65.2 Å². The van der Waals surface area contributed by atoms with Gasteiger partial charge >= 0.3 is 0 Å². The van der Waals surface area contributed by atoms with E-state index in [1.165, 1.54) is 10.6 Å². The SMILES string of the molecule is Cc1ncsc1-c1ccc(CNC(=O)[C@@H]2C[C@@H](O)CN2C(=O)[C@@H](NC(=O)CCOCCC(=O)Nc2ccc(CNC(=O)c3ccc4n3CCN(Cc3ccc(C(=O)N(C)C)cc3)C43CCC3)cc2)C(C)(C)C)cc1. The normalized spacial score (nSPS) is 17.5. The van der Waals surface area contributed by atoms with E-state index in [9.17, 15) is 33.9 Å². The number of aliphatic hydroxyl groups is 1. The molecule has 5 aromatic rings. The van der Waals surface area contributed by atoms with E-state index in [1.54, 1.807) is 42.5 Å². The number of thiazole rings is 1. The molecular formula is C56H69N9O8S. The zero-order valence-corrected chi connectivity index (χ0v) is 44.1. The van der Waals surface area contributed by atoms with Gasteiger partial charge in [0.2, 0.25) is 23.6 Å². The Bertz CT molecular complexity index is 2810. The maximum absolute atomic E-state index is 14.0. The van der Waals surface area contributed by atoms with Crippen LogP contribution in [0, 0.1) is 12.3 Å². The molecule has 4 heterocycles. The van der Waals surface area contributed by atoms with Crippen LogP contribution in [-0.4, -0.2) is 123 Å². The summed E-state index contributed by atoms with van der Waals surface area (Å²) in [6.07, 6.45) is 2.37. The predicted molar refractivity (Wildman–Crippen MR) is 283 cm³/mol. The van der Waals surface area contributed by atoms with E-state index in [4.69, 9.17) is 4.74 Å². The number of aromatic nitrogens is 2. The van der Waals surface area contributed by atoms with Crippen LogP contribution >= 0.6 is 11.3 Å². The first-order valence-electron chi connectivity index (χ1n) is 25.5. The van der Waals surface area contributed by atoms with Gasteiger partial charge in [-0.2, -0.15) is 0 Å². The van der Waals surface area contributed by atoms with E-state index < -0.39 is 35.4 Å². The predicted octanol–water partition coefficient (Wildman–Crippen LogP) is 5.99. The number of aliphatic hydroxyl groups excluding tert-OH is 1. The number of likely N-dealkylation sites (tertiary alicyclic amines) is 1. The smallest absolute Gasteiger partial charge is 0.268 e. The van der Waals surface area contributed by atoms with Crippen LogP contribution < -0.4 is 21.3 Å². The van der Waals surface area contributed by atoms with Crippen molar-refractivity contribution in [2.75, 3.05) is 45.7 Å². The maximum atomic E-state index is 14.0. The minimum Gasteiger partial charge on any atom is -0.391 e. The Morgan fingerprint density at radius 3 is 2.11 bits per heavy atom. The van der Waals surface area contributed by atoms with Crippen molar-refractivity contribution in [3.8, 4) is 10.4 Å². The third-order valence-electron chi connectivity index (χ3n) is 14.4. The second-order valence-corrected chi connectivity index (χ2v) is 21.8. The molecule has 74 heavy (non-hydrogen) atoms. The number of hydrogen-bond acceptors (Lipinski definition) is 11. The quantitative estimate of drug-likeness (QED) is 0.0611. The molecule has 2 aromatic heterocycles. The van der Waals surface area contributed by atoms with Crippen molar-refractivity contribution in [3.63, 3.8) is 0 Å². The van der Waals surface area contributed by atoms with Crippen LogP contribution in [-0.2, 0) is 55.6 Å². The van der Waals surface area contributed by atoms with Crippen LogP contribution in [0.3, 0.4) is 0 Å². The molecule has 0 unspecified atom stereocenters. The molecule has 1 saturated heterocycles. The highest BCUT2D eigenvalue weighted by molar-refractivity contribution is 7.13. The summed E-state index contributed by atoms with van der Waals surface area (Å²) in [5, 5.41) is 22.3. The molecule has 1 saturated carbocycles. The van der Waals surface area contributed by atoms with Gasteiger partial charge < -0.3 is 45.5 Å². The number of fused-ring (bicyclic) bond motifs is 2. The van der Waals surface area contributed by atoms with Gasteiger partial charge in [0.1, 0.15) is 17.8 Å². The summed E-state index contributed by atoms with van der Waals surface area (Å²) < 4.78 is 7.81. The number of anilines is 1. The fraction of sp³-hybridized carbons (Fsp3) is 0.446. The topological polar surface area (TPSA) is 208 Å². The first-order valence-corrected chi connectivity index (χ1v) is 26.3. The minimum absolute atomic E-state index is 0.0173. The number of nitrogens with zero attached hydrogens (tertiary/aromatic N) is 5. The summed E-state index contributed by atoms with van der Waals surface area (Å²) in [6, 6.07) is 25.1. The van der Waals surface area contributed by atoms with Crippen molar-refractivity contribution in [2.45, 2.75) is 116 Å². The molecule has 0 bridgehead atoms. The van der Waals surface area contributed by atoms with Crippen LogP contribution in [0.1, 0.15) is 108 Å². The van der Waals surface area contributed by atoms with Gasteiger partial charge in [0.25, 0.3) is 11.8 Å². The Hall–Kier alpha value is -6.73. The molecule has 5 N–H and O–H groups in total. The molecule has 17 nitrogen and oxygen atoms in total. The molecule has 392 valence electrons. The highest BCUT2D eigenvalue weighted by Gasteiger charge is 2.49. The van der Waals surface area contributed by atoms with Crippen molar-refractivity contribution in [1.82, 2.24) is 40.2 Å². The molecule has 2 aliphatic heterocycles. The number of carbonyl (C=O) groups is 6. The molecule has 1 aliphatic carbocycles. The summed E-state index contributed by atoms with van der Waals surface area (Å²) in [5.41, 5.74) is 8.95. The lowest BCUT2D eigenvalue weighted by Gasteiger charge is -2.53. The number of aryl methyl sites for hydroxylation is 1. The molecule has 0 radical (unpaired) electrons. The van der Waals surface area contributed by atoms with Gasteiger partial charge in [0.05, 0.1) is 47.4 Å². The largest absolute Gasteiger partial charge is 0.391 e. The van der Waals surface area contributed by atoms with Crippen molar-refractivity contribution in [3.05, 3.63) is 130 Å². The molecule has 3 aromatic carbocycles. The summed E-state index contributed by atoms with van der Waals surface area (Å²) in [7, 11) is 3.50. The molecule has 18 heteroatoms. The number of rotatable bonds is 19. The van der Waals surface area contributed by atoms with Gasteiger partial charge in [-0.25, -0.2) is 4.98 Å². The van der Waals surface area contributed by atoms with Crippen LogP contribution in [0.2, 0.25) is 0 Å². The lowest BCUT2D eigenvalue weighted by atomic mass is 9.71. The molecule has 1 spiro atoms. The number of hydrogen-bond donors (Lipinski definition) is 5. The van der Waals surface area contributed by atoms with Gasteiger partial charge in [-0.3, -0.25) is 33.7 Å². The number of carbonyl (C=O) groups excluding carboxylic acids is 6. The third kappa shape index (κ3) is 12.4. The summed E-state index contributed by atoms with van der Waals surface area (Å²) in [5.74, 6) is -1.69. The Morgan fingerprint density at radius 1 is 0.838 bits per heavy atom. The second-order valence-electron chi connectivity index (χ2n) is 20.9. The summed E-state index contributed by atoms with van der Waals surface area (Å²) >= 11 is 1.57. The summed E-state index contributed by atoms with van der Waals surface area (Å²) in [4.78, 5) is 90.3. The van der Waals surface area contributed by atoms with Gasteiger partial charge in [0, 0.05) is 83.2 Å². The Balaban J connectivity index is 0.741. The standard InChI is InChI=1S/C56H69N9O8S/c1-36-49(74-35-59-36)40-14-8-37(9-15-40)31-58-52(70)45-30-43(66)34-65(45)54(72)50(55(2,3)4)61-48(68)23-29-73-28-22-47(67)60-42-18-12-38(13-19-42)32-57-51(69)44-20-21-46-56(24-7-25-56)63(26-27-64(44)46)33-39-10-16-41(17-11-39)53(71)62(5)6/h8-21,35,43,45,50,66H,7,22-34H2,1-6H3,(H,57,69)(H,58,70)(H,60,67)(H,61,68)/t43-,45+,50-/m1/s1. The minimum atomic E-state index is -0.978. The fourth-order valence-electron chi connectivity index (χ4n) is 10.1. The first-order chi connectivity index (χ1) is 35.4. The number of benzene rings is 3. The second kappa shape index (κ2) is 23.2. The Kier molecular flexibility index (Phi) is 16.8. The van der Waals surface area contributed by atoms with Crippen LogP contribution in [0.4, 0.5) is 5.69 Å². The molecule has 3 aliphatic rings. The molecule has 3 atom stereocenters. The molecule has 2 fully saturated rings. The van der Waals surface area contributed by atoms with Gasteiger partial charge in [0.15, 0.2) is 0 Å². The highest BCUT2D eigenvalue weighted by atomic mass is 32.1. The van der Waals surface area contributed by atoms with E-state index in [1.807, 2.05) is 99.9 Å². The van der Waals surface area contributed by atoms with Gasteiger partial charge in [-0.05, 0) is 90.3 Å². The number of β-amino-alcohol motifs (C(OH)–C–C–N with tert-alkyl or cyclic N) is 1. The van der Waals surface area contributed by atoms with Crippen LogP contribution in [0.5, 0.6) is 0 Å². The fourth-order valence-corrected chi connectivity index (χ4v) is 10.9. The van der Waals surface area contributed by atoms with Gasteiger partial charge in [-0.15, -0.1) is 11.3 Å². The van der Waals surface area contributed by atoms with E-state index in [-0.39, 0.29) is 74.7 Å². The lowest BCUT2D eigenvalue weighted by Crippen LogP contribution is -2.57. The number of amides is 6. The van der Waals surface area contributed by atoms with Crippen molar-refractivity contribution < 1.29 is 38.6 Å². The Labute approximate surface area is 437 Å². The molecule has 6 amide bonds. The maximum Gasteiger partial charge on any atom is 0.268 e. The average Bonchev–Trinajstić information content (AvgIpc) is 4.12. The van der Waals surface area contributed by atoms with E-state index in [0.29, 0.717) is 30.0 Å². The number of ether oxygens (including phenoxy) is 1. The van der Waals surface area contributed by atoms with Crippen molar-refractivity contribution in [1.29, 1.82) is 0 Å². The van der Waals surface area contributed by atoms with E-state index in [2.05, 4.69) is 41.8 Å². The van der Waals surface area contributed by atoms with Crippen molar-refractivity contribution >= 4 is 52.5 Å². The molecule has 8 rings (SSSR count). The average molecular weight is 1030 g/mol.